The summed E-state index contributed by atoms with van der Waals surface area (Å²) in [6.07, 6.45) is -1.89. The fourth-order valence-corrected chi connectivity index (χ4v) is 4.11. The van der Waals surface area contributed by atoms with Crippen LogP contribution in [-0.2, 0) is 24.2 Å². The van der Waals surface area contributed by atoms with Crippen LogP contribution in [-0.4, -0.2) is 39.3 Å². The second-order valence-corrected chi connectivity index (χ2v) is 7.58. The van der Waals surface area contributed by atoms with E-state index in [9.17, 15) is 22.8 Å². The molecule has 0 fully saturated rings. The lowest BCUT2D eigenvalue weighted by atomic mass is 10.2. The normalized spacial score (nSPS) is 13.2. The molecule has 1 amide bonds. The zero-order chi connectivity index (χ0) is 21.7. The third-order valence-electron chi connectivity index (χ3n) is 4.45. The number of aliphatic hydroxyl groups is 1. The van der Waals surface area contributed by atoms with Crippen molar-refractivity contribution in [2.45, 2.75) is 43.6 Å². The van der Waals surface area contributed by atoms with Gasteiger partial charge >= 0.3 is 12.1 Å². The SMILES string of the molecule is O=C(CSc1nc(=O)n(CCCO)c2c1CCC2)Nc1ccc(OC(F)(F)F)cc1. The Balaban J connectivity index is 1.62. The van der Waals surface area contributed by atoms with Crippen LogP contribution in [0.25, 0.3) is 0 Å². The number of anilines is 1. The standard InChI is InChI=1S/C19H20F3N3O4S/c20-19(21,22)29-13-7-5-12(6-8-13)23-16(27)11-30-17-14-3-1-4-15(14)25(9-2-10-26)18(28)24-17/h5-8,26H,1-4,9-11H2,(H,23,27). The van der Waals surface area contributed by atoms with Crippen LogP contribution in [0.3, 0.4) is 0 Å². The molecule has 1 aromatic heterocycles. The average Bonchev–Trinajstić information content (AvgIpc) is 3.16. The number of nitrogens with one attached hydrogen (secondary N) is 1. The van der Waals surface area contributed by atoms with Crippen LogP contribution in [0.1, 0.15) is 24.1 Å². The van der Waals surface area contributed by atoms with Crippen LogP contribution in [0, 0.1) is 0 Å². The minimum atomic E-state index is -4.78. The molecule has 0 unspecified atom stereocenters. The highest BCUT2D eigenvalue weighted by atomic mass is 32.2. The van der Waals surface area contributed by atoms with E-state index in [1.807, 2.05) is 0 Å². The molecule has 1 aliphatic carbocycles. The number of amides is 1. The minimum Gasteiger partial charge on any atom is -0.406 e. The Hall–Kier alpha value is -2.53. The van der Waals surface area contributed by atoms with E-state index >= 15 is 0 Å². The molecule has 0 spiro atoms. The fourth-order valence-electron chi connectivity index (χ4n) is 3.24. The summed E-state index contributed by atoms with van der Waals surface area (Å²) in [7, 11) is 0. The number of carbonyl (C=O) groups excluding carboxylic acids is 1. The van der Waals surface area contributed by atoms with Crippen molar-refractivity contribution in [1.29, 1.82) is 0 Å². The van der Waals surface area contributed by atoms with E-state index < -0.39 is 12.1 Å². The highest BCUT2D eigenvalue weighted by molar-refractivity contribution is 8.00. The predicted octanol–water partition coefficient (Wildman–Crippen LogP) is 2.74. The van der Waals surface area contributed by atoms with Gasteiger partial charge in [-0.05, 0) is 49.9 Å². The van der Waals surface area contributed by atoms with Crippen LogP contribution in [0.5, 0.6) is 5.75 Å². The van der Waals surface area contributed by atoms with E-state index in [-0.39, 0.29) is 24.0 Å². The Morgan fingerprint density at radius 2 is 2.00 bits per heavy atom. The molecule has 2 aromatic rings. The number of aromatic nitrogens is 2. The number of hydrogen-bond donors (Lipinski definition) is 2. The first-order valence-electron chi connectivity index (χ1n) is 9.29. The molecule has 0 aliphatic heterocycles. The first kappa shape index (κ1) is 22.2. The average molecular weight is 443 g/mol. The molecule has 30 heavy (non-hydrogen) atoms. The second-order valence-electron chi connectivity index (χ2n) is 6.62. The van der Waals surface area contributed by atoms with Crippen molar-refractivity contribution in [1.82, 2.24) is 9.55 Å². The maximum atomic E-state index is 12.3. The third-order valence-corrected chi connectivity index (χ3v) is 5.47. The van der Waals surface area contributed by atoms with Gasteiger partial charge in [-0.2, -0.15) is 4.98 Å². The molecule has 7 nitrogen and oxygen atoms in total. The number of fused-ring (bicyclic) bond motifs is 1. The molecule has 11 heteroatoms. The van der Waals surface area contributed by atoms with E-state index in [2.05, 4.69) is 15.0 Å². The fraction of sp³-hybridized carbons (Fsp3) is 0.421. The van der Waals surface area contributed by atoms with Gasteiger partial charge in [0, 0.05) is 30.1 Å². The van der Waals surface area contributed by atoms with Gasteiger partial charge < -0.3 is 15.2 Å². The lowest BCUT2D eigenvalue weighted by molar-refractivity contribution is -0.274. The molecule has 1 heterocycles. The predicted molar refractivity (Wildman–Crippen MR) is 105 cm³/mol. The zero-order valence-electron chi connectivity index (χ0n) is 15.9. The second kappa shape index (κ2) is 9.52. The van der Waals surface area contributed by atoms with E-state index in [1.165, 1.54) is 12.1 Å². The van der Waals surface area contributed by atoms with Crippen LogP contribution in [0.4, 0.5) is 18.9 Å². The number of hydrogen-bond acceptors (Lipinski definition) is 6. The van der Waals surface area contributed by atoms with Gasteiger partial charge in [0.15, 0.2) is 0 Å². The van der Waals surface area contributed by atoms with Gasteiger partial charge in [-0.3, -0.25) is 9.36 Å². The summed E-state index contributed by atoms with van der Waals surface area (Å²) in [6, 6.07) is 4.83. The maximum Gasteiger partial charge on any atom is 0.573 e. The van der Waals surface area contributed by atoms with Gasteiger partial charge in [0.05, 0.1) is 5.75 Å². The monoisotopic (exact) mass is 443 g/mol. The molecule has 0 bridgehead atoms. The molecule has 0 atom stereocenters. The van der Waals surface area contributed by atoms with E-state index in [0.29, 0.717) is 23.7 Å². The van der Waals surface area contributed by atoms with Gasteiger partial charge in [0.2, 0.25) is 5.91 Å². The Labute approximate surface area is 174 Å². The summed E-state index contributed by atoms with van der Waals surface area (Å²) >= 11 is 1.15. The van der Waals surface area contributed by atoms with Crippen LogP contribution < -0.4 is 15.7 Å². The van der Waals surface area contributed by atoms with E-state index in [0.717, 1.165) is 54.4 Å². The number of rotatable bonds is 8. The summed E-state index contributed by atoms with van der Waals surface area (Å²) < 4.78 is 41.9. The Bertz CT molecular complexity index is 961. The van der Waals surface area contributed by atoms with Crippen molar-refractivity contribution in [3.05, 3.63) is 46.0 Å². The number of aliphatic hydroxyl groups excluding tert-OH is 1. The first-order valence-corrected chi connectivity index (χ1v) is 10.3. The van der Waals surface area contributed by atoms with E-state index in [4.69, 9.17) is 5.11 Å². The smallest absolute Gasteiger partial charge is 0.406 e. The Morgan fingerprint density at radius 1 is 1.27 bits per heavy atom. The molecule has 0 radical (unpaired) electrons. The van der Waals surface area contributed by atoms with Gasteiger partial charge in [0.25, 0.3) is 0 Å². The van der Waals surface area contributed by atoms with Crippen molar-refractivity contribution < 1.29 is 27.8 Å². The molecule has 0 saturated carbocycles. The van der Waals surface area contributed by atoms with Gasteiger partial charge in [-0.25, -0.2) is 4.79 Å². The van der Waals surface area contributed by atoms with Crippen LogP contribution in [0.15, 0.2) is 34.1 Å². The lowest BCUT2D eigenvalue weighted by Crippen LogP contribution is -2.28. The molecule has 2 N–H and O–H groups in total. The number of benzene rings is 1. The number of carbonyl (C=O) groups is 1. The maximum absolute atomic E-state index is 12.3. The number of ether oxygens (including phenoxy) is 1. The molecule has 1 aliphatic rings. The quantitative estimate of drug-likeness (QED) is 0.482. The molecule has 3 rings (SSSR count). The molecular formula is C19H20F3N3O4S. The Morgan fingerprint density at radius 3 is 2.67 bits per heavy atom. The Kier molecular flexibility index (Phi) is 7.03. The highest BCUT2D eigenvalue weighted by Crippen LogP contribution is 2.29. The number of thioether (sulfide) groups is 1. The van der Waals surface area contributed by atoms with E-state index in [1.54, 1.807) is 4.57 Å². The summed E-state index contributed by atoms with van der Waals surface area (Å²) in [6.45, 7) is 0.394. The van der Waals surface area contributed by atoms with Crippen molar-refractivity contribution in [3.8, 4) is 5.75 Å². The highest BCUT2D eigenvalue weighted by Gasteiger charge is 2.31. The summed E-state index contributed by atoms with van der Waals surface area (Å²) in [5, 5.41) is 12.1. The molecule has 1 aromatic carbocycles. The number of alkyl halides is 3. The third kappa shape index (κ3) is 5.76. The number of nitrogens with zero attached hydrogens (tertiary/aromatic N) is 2. The van der Waals surface area contributed by atoms with Crippen molar-refractivity contribution >= 4 is 23.4 Å². The minimum absolute atomic E-state index is 0.000333. The number of halogens is 3. The zero-order valence-corrected chi connectivity index (χ0v) is 16.7. The van der Waals surface area contributed by atoms with Crippen molar-refractivity contribution in [2.24, 2.45) is 0 Å². The first-order chi connectivity index (χ1) is 14.3. The van der Waals surface area contributed by atoms with Crippen molar-refractivity contribution in [2.75, 3.05) is 17.7 Å². The van der Waals surface area contributed by atoms with Gasteiger partial charge in [-0.1, -0.05) is 11.8 Å². The summed E-state index contributed by atoms with van der Waals surface area (Å²) in [4.78, 5) is 28.7. The molecule has 162 valence electrons. The van der Waals surface area contributed by atoms with Crippen molar-refractivity contribution in [3.63, 3.8) is 0 Å². The summed E-state index contributed by atoms with van der Waals surface area (Å²) in [5.41, 5.74) is 1.80. The molecule has 0 saturated heterocycles. The summed E-state index contributed by atoms with van der Waals surface area (Å²) in [5.74, 6) is -0.751. The topological polar surface area (TPSA) is 93.5 Å². The largest absolute Gasteiger partial charge is 0.573 e. The van der Waals surface area contributed by atoms with Gasteiger partial charge in [-0.15, -0.1) is 13.2 Å². The van der Waals surface area contributed by atoms with Crippen LogP contribution in [0.2, 0.25) is 0 Å². The van der Waals surface area contributed by atoms with Gasteiger partial charge in [0.1, 0.15) is 10.8 Å². The lowest BCUT2D eigenvalue weighted by Gasteiger charge is -2.13. The molecular weight excluding hydrogens is 423 g/mol. The van der Waals surface area contributed by atoms with Crippen LogP contribution >= 0.6 is 11.8 Å².